The van der Waals surface area contributed by atoms with Crippen molar-refractivity contribution in [2.24, 2.45) is 29.6 Å². The predicted octanol–water partition coefficient (Wildman–Crippen LogP) is 9.81. The first-order chi connectivity index (χ1) is 13.1. The largest absolute Gasteiger partial charge is 0.0654 e. The van der Waals surface area contributed by atoms with Crippen molar-refractivity contribution in [2.45, 2.75) is 144 Å². The minimum atomic E-state index is 0.953. The van der Waals surface area contributed by atoms with Crippen molar-refractivity contribution in [1.82, 2.24) is 0 Å². The van der Waals surface area contributed by atoms with Gasteiger partial charge in [0.05, 0.1) is 0 Å². The molecule has 0 nitrogen and oxygen atoms in total. The Morgan fingerprint density at radius 3 is 1.96 bits per heavy atom. The molecule has 0 N–H and O–H groups in total. The highest BCUT2D eigenvalue weighted by Crippen LogP contribution is 2.40. The average molecular weight is 379 g/mol. The van der Waals surface area contributed by atoms with Crippen molar-refractivity contribution in [3.8, 4) is 0 Å². The molecule has 0 aromatic heterocycles. The second-order valence-corrected chi connectivity index (χ2v) is 10.2. The standard InChI is InChI=1S/C27H54/c1-6-9-11-15-23(4)16-14-17-25(8-3)22-21-24(5)27(20-10-7-2)26-18-12-13-19-26/h23-27H,6-22H2,1-5H3. The number of hydrogen-bond acceptors (Lipinski definition) is 0. The van der Waals surface area contributed by atoms with Crippen LogP contribution in [0.1, 0.15) is 144 Å². The van der Waals surface area contributed by atoms with Crippen LogP contribution in [0.3, 0.4) is 0 Å². The third-order valence-corrected chi connectivity index (χ3v) is 7.84. The molecule has 1 saturated carbocycles. The van der Waals surface area contributed by atoms with Crippen LogP contribution in [0.25, 0.3) is 0 Å². The Morgan fingerprint density at radius 2 is 1.33 bits per heavy atom. The van der Waals surface area contributed by atoms with Crippen LogP contribution in [0.4, 0.5) is 0 Å². The number of hydrogen-bond donors (Lipinski definition) is 0. The minimum Gasteiger partial charge on any atom is -0.0654 e. The van der Waals surface area contributed by atoms with E-state index in [0.29, 0.717) is 0 Å². The average Bonchev–Trinajstić information content (AvgIpc) is 3.19. The summed E-state index contributed by atoms with van der Waals surface area (Å²) in [5.74, 6) is 5.00. The van der Waals surface area contributed by atoms with Gasteiger partial charge in [0.25, 0.3) is 0 Å². The Morgan fingerprint density at radius 1 is 0.667 bits per heavy atom. The van der Waals surface area contributed by atoms with Gasteiger partial charge in [-0.2, -0.15) is 0 Å². The van der Waals surface area contributed by atoms with Gasteiger partial charge in [-0.25, -0.2) is 0 Å². The quantitative estimate of drug-likeness (QED) is 0.221. The number of unbranched alkanes of at least 4 members (excludes halogenated alkanes) is 3. The molecule has 0 aliphatic heterocycles. The van der Waals surface area contributed by atoms with Gasteiger partial charge in [-0.15, -0.1) is 0 Å². The van der Waals surface area contributed by atoms with Crippen molar-refractivity contribution in [1.29, 1.82) is 0 Å². The molecule has 0 radical (unpaired) electrons. The van der Waals surface area contributed by atoms with Crippen LogP contribution < -0.4 is 0 Å². The smallest absolute Gasteiger partial charge is 0.0360 e. The molecule has 0 aromatic carbocycles. The van der Waals surface area contributed by atoms with Crippen molar-refractivity contribution >= 4 is 0 Å². The fraction of sp³-hybridized carbons (Fsp3) is 1.00. The summed E-state index contributed by atoms with van der Waals surface area (Å²) in [4.78, 5) is 0. The molecular formula is C27H54. The first kappa shape index (κ1) is 25.0. The Hall–Kier alpha value is 0. The van der Waals surface area contributed by atoms with E-state index in [9.17, 15) is 0 Å². The van der Waals surface area contributed by atoms with Crippen LogP contribution in [-0.4, -0.2) is 0 Å². The lowest BCUT2D eigenvalue weighted by Gasteiger charge is -2.30. The lowest BCUT2D eigenvalue weighted by atomic mass is 9.75. The molecule has 1 rings (SSSR count). The lowest BCUT2D eigenvalue weighted by Crippen LogP contribution is -2.21. The summed E-state index contributed by atoms with van der Waals surface area (Å²) in [5, 5.41) is 0. The summed E-state index contributed by atoms with van der Waals surface area (Å²) in [7, 11) is 0. The minimum absolute atomic E-state index is 0.953. The highest BCUT2D eigenvalue weighted by Gasteiger charge is 2.28. The van der Waals surface area contributed by atoms with E-state index in [4.69, 9.17) is 0 Å². The third-order valence-electron chi connectivity index (χ3n) is 7.84. The monoisotopic (exact) mass is 378 g/mol. The molecule has 1 fully saturated rings. The zero-order valence-electron chi connectivity index (χ0n) is 19.9. The van der Waals surface area contributed by atoms with Crippen molar-refractivity contribution in [2.75, 3.05) is 0 Å². The van der Waals surface area contributed by atoms with Crippen LogP contribution in [-0.2, 0) is 0 Å². The highest BCUT2D eigenvalue weighted by atomic mass is 14.3. The lowest BCUT2D eigenvalue weighted by molar-refractivity contribution is 0.199. The van der Waals surface area contributed by atoms with Crippen LogP contribution in [0.2, 0.25) is 0 Å². The maximum absolute atomic E-state index is 2.60. The molecule has 0 aromatic rings. The molecule has 0 spiro atoms. The summed E-state index contributed by atoms with van der Waals surface area (Å²) in [6.07, 6.45) is 25.0. The SMILES string of the molecule is CCCCCC(C)CCCC(CC)CCC(C)C(CCCC)C1CCCC1. The predicted molar refractivity (Wildman–Crippen MR) is 124 cm³/mol. The molecule has 27 heavy (non-hydrogen) atoms. The van der Waals surface area contributed by atoms with Crippen LogP contribution in [0.5, 0.6) is 0 Å². The summed E-state index contributed by atoms with van der Waals surface area (Å²) in [6, 6.07) is 0. The van der Waals surface area contributed by atoms with Crippen LogP contribution in [0.15, 0.2) is 0 Å². The maximum atomic E-state index is 2.60. The van der Waals surface area contributed by atoms with Crippen molar-refractivity contribution in [3.05, 3.63) is 0 Å². The van der Waals surface area contributed by atoms with Gasteiger partial charge >= 0.3 is 0 Å². The van der Waals surface area contributed by atoms with E-state index in [2.05, 4.69) is 34.6 Å². The van der Waals surface area contributed by atoms with Gasteiger partial charge in [-0.05, 0) is 36.0 Å². The fourth-order valence-electron chi connectivity index (χ4n) is 5.72. The van der Waals surface area contributed by atoms with Crippen LogP contribution in [0, 0.1) is 29.6 Å². The summed E-state index contributed by atoms with van der Waals surface area (Å²) in [5.41, 5.74) is 0. The van der Waals surface area contributed by atoms with E-state index in [-0.39, 0.29) is 0 Å². The van der Waals surface area contributed by atoms with E-state index in [1.807, 2.05) is 0 Å². The van der Waals surface area contributed by atoms with E-state index >= 15 is 0 Å². The third kappa shape index (κ3) is 10.9. The Balaban J connectivity index is 2.29. The Kier molecular flexibility index (Phi) is 14.7. The molecule has 1 aliphatic rings. The molecule has 0 saturated heterocycles. The zero-order chi connectivity index (χ0) is 19.9. The van der Waals surface area contributed by atoms with Crippen molar-refractivity contribution in [3.63, 3.8) is 0 Å². The van der Waals surface area contributed by atoms with Gasteiger partial charge in [-0.1, -0.05) is 137 Å². The molecule has 4 unspecified atom stereocenters. The van der Waals surface area contributed by atoms with Gasteiger partial charge in [0.2, 0.25) is 0 Å². The topological polar surface area (TPSA) is 0 Å². The van der Waals surface area contributed by atoms with Gasteiger partial charge < -0.3 is 0 Å². The van der Waals surface area contributed by atoms with E-state index in [0.717, 1.165) is 29.6 Å². The summed E-state index contributed by atoms with van der Waals surface area (Å²) in [6.45, 7) is 12.2. The molecule has 0 heteroatoms. The molecule has 0 amide bonds. The van der Waals surface area contributed by atoms with Crippen LogP contribution >= 0.6 is 0 Å². The van der Waals surface area contributed by atoms with Crippen molar-refractivity contribution < 1.29 is 0 Å². The maximum Gasteiger partial charge on any atom is -0.0360 e. The molecule has 1 aliphatic carbocycles. The highest BCUT2D eigenvalue weighted by molar-refractivity contribution is 4.79. The van der Waals surface area contributed by atoms with Gasteiger partial charge in [0.1, 0.15) is 0 Å². The fourth-order valence-corrected chi connectivity index (χ4v) is 5.72. The molecular weight excluding hydrogens is 324 g/mol. The second-order valence-electron chi connectivity index (χ2n) is 10.2. The molecule has 4 atom stereocenters. The zero-order valence-corrected chi connectivity index (χ0v) is 19.9. The second kappa shape index (κ2) is 15.9. The molecule has 0 heterocycles. The Bertz CT molecular complexity index is 314. The van der Waals surface area contributed by atoms with Gasteiger partial charge in [-0.3, -0.25) is 0 Å². The first-order valence-electron chi connectivity index (χ1n) is 13.1. The number of rotatable bonds is 17. The normalized spacial score (nSPS) is 19.9. The molecule has 162 valence electrons. The van der Waals surface area contributed by atoms with E-state index in [1.54, 1.807) is 0 Å². The van der Waals surface area contributed by atoms with Gasteiger partial charge in [0.15, 0.2) is 0 Å². The molecule has 0 bridgehead atoms. The van der Waals surface area contributed by atoms with E-state index < -0.39 is 0 Å². The van der Waals surface area contributed by atoms with E-state index in [1.165, 1.54) is 109 Å². The van der Waals surface area contributed by atoms with Gasteiger partial charge in [0, 0.05) is 0 Å². The summed E-state index contributed by atoms with van der Waals surface area (Å²) >= 11 is 0. The Labute approximate surface area is 173 Å². The summed E-state index contributed by atoms with van der Waals surface area (Å²) < 4.78 is 0. The first-order valence-corrected chi connectivity index (χ1v) is 13.1.